The van der Waals surface area contributed by atoms with Crippen molar-refractivity contribution >= 4 is 5.91 Å². The van der Waals surface area contributed by atoms with Gasteiger partial charge >= 0.3 is 0 Å². The Kier molecular flexibility index (Phi) is 3.75. The van der Waals surface area contributed by atoms with Crippen LogP contribution >= 0.6 is 0 Å². The maximum atomic E-state index is 12.7. The Labute approximate surface area is 131 Å². The van der Waals surface area contributed by atoms with E-state index in [1.165, 1.54) is 0 Å². The number of ether oxygens (including phenoxy) is 1. The van der Waals surface area contributed by atoms with E-state index in [4.69, 9.17) is 4.74 Å². The minimum absolute atomic E-state index is 0.0159. The summed E-state index contributed by atoms with van der Waals surface area (Å²) in [6.07, 6.45) is 0. The van der Waals surface area contributed by atoms with E-state index in [0.717, 1.165) is 11.1 Å². The van der Waals surface area contributed by atoms with Crippen LogP contribution in [0.2, 0.25) is 0 Å². The molecule has 0 unspecified atom stereocenters. The third kappa shape index (κ3) is 2.13. The number of benzene rings is 2. The second kappa shape index (κ2) is 5.58. The van der Waals surface area contributed by atoms with Gasteiger partial charge in [0.25, 0.3) is 5.91 Å². The van der Waals surface area contributed by atoms with Crippen molar-refractivity contribution in [3.63, 3.8) is 0 Å². The van der Waals surface area contributed by atoms with Gasteiger partial charge in [-0.3, -0.25) is 4.79 Å². The molecular weight excluding hydrogens is 274 g/mol. The molecule has 22 heavy (non-hydrogen) atoms. The van der Waals surface area contributed by atoms with Crippen molar-refractivity contribution in [2.45, 2.75) is 31.5 Å². The number of amides is 1. The Morgan fingerprint density at radius 3 is 2.14 bits per heavy atom. The summed E-state index contributed by atoms with van der Waals surface area (Å²) in [6, 6.07) is 20.2. The Morgan fingerprint density at radius 1 is 1.05 bits per heavy atom. The third-order valence-electron chi connectivity index (χ3n) is 4.70. The predicted molar refractivity (Wildman–Crippen MR) is 86.3 cm³/mol. The van der Waals surface area contributed by atoms with Gasteiger partial charge in [-0.05, 0) is 25.0 Å². The van der Waals surface area contributed by atoms with Crippen molar-refractivity contribution in [1.82, 2.24) is 4.90 Å². The summed E-state index contributed by atoms with van der Waals surface area (Å²) < 4.78 is 5.58. The minimum Gasteiger partial charge on any atom is -0.366 e. The topological polar surface area (TPSA) is 29.5 Å². The lowest BCUT2D eigenvalue weighted by atomic mass is 9.77. The largest absolute Gasteiger partial charge is 0.366 e. The van der Waals surface area contributed by atoms with Gasteiger partial charge in [0.15, 0.2) is 5.60 Å². The van der Waals surface area contributed by atoms with Crippen LogP contribution in [0.5, 0.6) is 0 Å². The molecule has 3 atom stereocenters. The molecule has 0 radical (unpaired) electrons. The molecule has 1 aliphatic heterocycles. The van der Waals surface area contributed by atoms with Crippen molar-refractivity contribution < 1.29 is 9.53 Å². The van der Waals surface area contributed by atoms with Gasteiger partial charge in [0.1, 0.15) is 0 Å². The Bertz CT molecular complexity index is 656. The Balaban J connectivity index is 1.98. The number of nitrogens with zero attached hydrogens (tertiary/aromatic N) is 1. The van der Waals surface area contributed by atoms with E-state index in [1.54, 1.807) is 7.11 Å². The average Bonchev–Trinajstić information content (AvgIpc) is 2.59. The first-order valence-corrected chi connectivity index (χ1v) is 7.57. The molecule has 0 aromatic heterocycles. The van der Waals surface area contributed by atoms with E-state index in [0.29, 0.717) is 0 Å². The number of rotatable bonds is 4. The first-order valence-electron chi connectivity index (χ1n) is 7.57. The van der Waals surface area contributed by atoms with Gasteiger partial charge in [-0.25, -0.2) is 0 Å². The summed E-state index contributed by atoms with van der Waals surface area (Å²) in [5.41, 5.74) is 1.45. The fourth-order valence-electron chi connectivity index (χ4n) is 3.29. The summed E-state index contributed by atoms with van der Waals surface area (Å²) in [5, 5.41) is 0. The van der Waals surface area contributed by atoms with Crippen LogP contribution in [0.25, 0.3) is 0 Å². The molecule has 3 nitrogen and oxygen atoms in total. The quantitative estimate of drug-likeness (QED) is 0.804. The van der Waals surface area contributed by atoms with Crippen LogP contribution < -0.4 is 0 Å². The third-order valence-corrected chi connectivity index (χ3v) is 4.70. The molecule has 0 aliphatic carbocycles. The molecule has 3 rings (SSSR count). The van der Waals surface area contributed by atoms with Crippen molar-refractivity contribution in [1.29, 1.82) is 0 Å². The maximum absolute atomic E-state index is 12.7. The van der Waals surface area contributed by atoms with Gasteiger partial charge < -0.3 is 9.64 Å². The highest BCUT2D eigenvalue weighted by Crippen LogP contribution is 2.49. The molecule has 2 aromatic carbocycles. The van der Waals surface area contributed by atoms with E-state index in [-0.39, 0.29) is 18.0 Å². The highest BCUT2D eigenvalue weighted by Gasteiger charge is 2.60. The average molecular weight is 295 g/mol. The summed E-state index contributed by atoms with van der Waals surface area (Å²) in [5.74, 6) is 0.0419. The summed E-state index contributed by atoms with van der Waals surface area (Å²) in [7, 11) is 1.61. The van der Waals surface area contributed by atoms with E-state index >= 15 is 0 Å². The van der Waals surface area contributed by atoms with Gasteiger partial charge in [-0.1, -0.05) is 60.7 Å². The molecule has 0 saturated carbocycles. The number of methoxy groups -OCH3 is 1. The lowest BCUT2D eigenvalue weighted by Crippen LogP contribution is -2.68. The summed E-state index contributed by atoms with van der Waals surface area (Å²) in [6.45, 7) is 3.94. The monoisotopic (exact) mass is 295 g/mol. The standard InChI is InChI=1S/C19H21NO2/c1-14(15-10-6-4-7-11-15)20-17(16-12-8-5-9-13-16)19(2,22-3)18(20)21/h4-14,17H,1-3H3/t14-,17-,19+/m0/s1. The number of likely N-dealkylation sites (tertiary alicyclic amines) is 1. The van der Waals surface area contributed by atoms with Crippen molar-refractivity contribution in [3.8, 4) is 0 Å². The van der Waals surface area contributed by atoms with Crippen LogP contribution in [0.4, 0.5) is 0 Å². The molecule has 0 spiro atoms. The summed E-state index contributed by atoms with van der Waals surface area (Å²) in [4.78, 5) is 14.6. The number of hydrogen-bond acceptors (Lipinski definition) is 2. The first kappa shape index (κ1) is 14.8. The molecule has 1 aliphatic rings. The Morgan fingerprint density at radius 2 is 1.59 bits per heavy atom. The number of carbonyl (C=O) groups excluding carboxylic acids is 1. The van der Waals surface area contributed by atoms with E-state index in [1.807, 2.05) is 48.2 Å². The van der Waals surface area contributed by atoms with Gasteiger partial charge in [0.05, 0.1) is 12.1 Å². The SMILES string of the molecule is CO[C@@]1(C)C(=O)N([C@@H](C)c2ccccc2)[C@H]1c1ccccc1. The van der Waals surface area contributed by atoms with E-state index < -0.39 is 5.60 Å². The van der Waals surface area contributed by atoms with Gasteiger partial charge in [0.2, 0.25) is 0 Å². The van der Waals surface area contributed by atoms with E-state index in [9.17, 15) is 4.79 Å². The first-order chi connectivity index (χ1) is 10.6. The number of hydrogen-bond donors (Lipinski definition) is 0. The molecule has 3 heteroatoms. The zero-order chi connectivity index (χ0) is 15.7. The zero-order valence-electron chi connectivity index (χ0n) is 13.2. The van der Waals surface area contributed by atoms with Crippen LogP contribution in [0.1, 0.15) is 37.1 Å². The van der Waals surface area contributed by atoms with Crippen LogP contribution in [0.3, 0.4) is 0 Å². The maximum Gasteiger partial charge on any atom is 0.258 e. The second-order valence-corrected chi connectivity index (χ2v) is 5.92. The summed E-state index contributed by atoms with van der Waals surface area (Å²) >= 11 is 0. The lowest BCUT2D eigenvalue weighted by Gasteiger charge is -2.56. The molecule has 0 bridgehead atoms. The Hall–Kier alpha value is -2.13. The zero-order valence-corrected chi connectivity index (χ0v) is 13.2. The lowest BCUT2D eigenvalue weighted by molar-refractivity contribution is -0.201. The van der Waals surface area contributed by atoms with Crippen LogP contribution in [-0.4, -0.2) is 23.5 Å². The predicted octanol–water partition coefficient (Wildman–Crippen LogP) is 3.74. The molecular formula is C19H21NO2. The van der Waals surface area contributed by atoms with Crippen LogP contribution in [0, 0.1) is 0 Å². The van der Waals surface area contributed by atoms with Crippen LogP contribution in [-0.2, 0) is 9.53 Å². The normalized spacial score (nSPS) is 25.7. The number of β-lactam (4-membered cyclic amide) rings is 1. The minimum atomic E-state index is -0.787. The highest BCUT2D eigenvalue weighted by atomic mass is 16.5. The fraction of sp³-hybridized carbons (Fsp3) is 0.316. The molecule has 114 valence electrons. The van der Waals surface area contributed by atoms with Gasteiger partial charge in [-0.15, -0.1) is 0 Å². The highest BCUT2D eigenvalue weighted by molar-refractivity contribution is 5.93. The second-order valence-electron chi connectivity index (χ2n) is 5.92. The van der Waals surface area contributed by atoms with Crippen LogP contribution in [0.15, 0.2) is 60.7 Å². The van der Waals surface area contributed by atoms with Gasteiger partial charge in [-0.2, -0.15) is 0 Å². The smallest absolute Gasteiger partial charge is 0.258 e. The molecule has 1 saturated heterocycles. The molecule has 1 heterocycles. The van der Waals surface area contributed by atoms with E-state index in [2.05, 4.69) is 31.2 Å². The molecule has 2 aromatic rings. The van der Waals surface area contributed by atoms with Gasteiger partial charge in [0, 0.05) is 7.11 Å². The molecule has 1 amide bonds. The van der Waals surface area contributed by atoms with Crippen molar-refractivity contribution in [2.24, 2.45) is 0 Å². The van der Waals surface area contributed by atoms with Crippen molar-refractivity contribution in [2.75, 3.05) is 7.11 Å². The fourth-order valence-corrected chi connectivity index (χ4v) is 3.29. The number of carbonyl (C=O) groups is 1. The molecule has 1 fully saturated rings. The molecule has 0 N–H and O–H groups in total. The van der Waals surface area contributed by atoms with Crippen molar-refractivity contribution in [3.05, 3.63) is 71.8 Å².